The van der Waals surface area contributed by atoms with Gasteiger partial charge >= 0.3 is 5.97 Å². The first kappa shape index (κ1) is 10.5. The topological polar surface area (TPSA) is 50.2 Å². The van der Waals surface area contributed by atoms with Crippen molar-refractivity contribution in [2.45, 2.75) is 31.1 Å². The molecular formula is C9H9F2NO2S. The number of carboxylic acid groups (broad SMARTS) is 1. The Morgan fingerprint density at radius 1 is 1.67 bits per heavy atom. The first-order valence-electron chi connectivity index (χ1n) is 4.54. The van der Waals surface area contributed by atoms with Crippen LogP contribution in [0.5, 0.6) is 0 Å². The molecule has 1 aromatic rings. The van der Waals surface area contributed by atoms with E-state index in [4.69, 9.17) is 5.11 Å². The maximum atomic E-state index is 13.5. The van der Waals surface area contributed by atoms with Crippen LogP contribution in [0.25, 0.3) is 0 Å². The van der Waals surface area contributed by atoms with Crippen LogP contribution in [-0.4, -0.2) is 16.1 Å². The molecule has 82 valence electrons. The Labute approximate surface area is 88.8 Å². The van der Waals surface area contributed by atoms with Gasteiger partial charge in [0.2, 0.25) is 0 Å². The lowest BCUT2D eigenvalue weighted by Gasteiger charge is -2.13. The fourth-order valence-electron chi connectivity index (χ4n) is 1.45. The summed E-state index contributed by atoms with van der Waals surface area (Å²) in [6, 6.07) is 0. The monoisotopic (exact) mass is 233 g/mol. The SMILES string of the molecule is O=C(O)CC(F)(F)c1scnc1C1CC1. The molecule has 0 amide bonds. The maximum Gasteiger partial charge on any atom is 0.309 e. The molecule has 0 aromatic carbocycles. The predicted molar refractivity (Wildman–Crippen MR) is 50.2 cm³/mol. The summed E-state index contributed by atoms with van der Waals surface area (Å²) in [5.41, 5.74) is 1.75. The van der Waals surface area contributed by atoms with Gasteiger partial charge in [0.15, 0.2) is 0 Å². The Balaban J connectivity index is 2.26. The van der Waals surface area contributed by atoms with Crippen molar-refractivity contribution in [2.75, 3.05) is 0 Å². The highest BCUT2D eigenvalue weighted by atomic mass is 32.1. The Morgan fingerprint density at radius 3 is 2.87 bits per heavy atom. The van der Waals surface area contributed by atoms with Gasteiger partial charge in [-0.15, -0.1) is 11.3 Å². The van der Waals surface area contributed by atoms with E-state index in [1.807, 2.05) is 0 Å². The summed E-state index contributed by atoms with van der Waals surface area (Å²) in [6.07, 6.45) is 0.592. The molecule has 1 aromatic heterocycles. The molecular weight excluding hydrogens is 224 g/mol. The van der Waals surface area contributed by atoms with Gasteiger partial charge in [-0.25, -0.2) is 4.98 Å². The molecule has 0 atom stereocenters. The van der Waals surface area contributed by atoms with E-state index in [2.05, 4.69) is 4.98 Å². The summed E-state index contributed by atoms with van der Waals surface area (Å²) in [5, 5.41) is 8.40. The number of carbonyl (C=O) groups is 1. The van der Waals surface area contributed by atoms with Crippen LogP contribution in [0.3, 0.4) is 0 Å². The Morgan fingerprint density at radius 2 is 2.33 bits per heavy atom. The Hall–Kier alpha value is -1.04. The number of nitrogens with zero attached hydrogens (tertiary/aromatic N) is 1. The number of hydrogen-bond acceptors (Lipinski definition) is 3. The zero-order valence-corrected chi connectivity index (χ0v) is 8.56. The average Bonchev–Trinajstić information content (AvgIpc) is 2.80. The molecule has 0 bridgehead atoms. The second-order valence-electron chi connectivity index (χ2n) is 3.62. The predicted octanol–water partition coefficient (Wildman–Crippen LogP) is 2.59. The lowest BCUT2D eigenvalue weighted by atomic mass is 10.1. The third kappa shape index (κ3) is 2.14. The first-order valence-corrected chi connectivity index (χ1v) is 5.42. The van der Waals surface area contributed by atoms with E-state index in [0.29, 0.717) is 5.69 Å². The molecule has 6 heteroatoms. The van der Waals surface area contributed by atoms with Gasteiger partial charge in [0.05, 0.1) is 16.1 Å². The van der Waals surface area contributed by atoms with Crippen molar-refractivity contribution >= 4 is 17.3 Å². The van der Waals surface area contributed by atoms with E-state index in [-0.39, 0.29) is 10.8 Å². The summed E-state index contributed by atoms with van der Waals surface area (Å²) in [7, 11) is 0. The molecule has 2 rings (SSSR count). The van der Waals surface area contributed by atoms with Gasteiger partial charge in [0.25, 0.3) is 5.92 Å². The summed E-state index contributed by atoms with van der Waals surface area (Å²) in [5.74, 6) is -4.66. The highest BCUT2D eigenvalue weighted by Gasteiger charge is 2.42. The van der Waals surface area contributed by atoms with Gasteiger partial charge in [0.1, 0.15) is 6.42 Å². The summed E-state index contributed by atoms with van der Waals surface area (Å²) >= 11 is 0.842. The van der Waals surface area contributed by atoms with Crippen molar-refractivity contribution in [2.24, 2.45) is 0 Å². The lowest BCUT2D eigenvalue weighted by molar-refractivity contribution is -0.145. The van der Waals surface area contributed by atoms with Crippen LogP contribution in [0.15, 0.2) is 5.51 Å². The standard InChI is InChI=1S/C9H9F2NO2S/c10-9(11,3-6(13)14)8-7(5-1-2-5)12-4-15-8/h4-5H,1-3H2,(H,13,14). The number of carboxylic acids is 1. The van der Waals surface area contributed by atoms with Crippen molar-refractivity contribution in [3.05, 3.63) is 16.1 Å². The molecule has 0 unspecified atom stereocenters. The molecule has 3 nitrogen and oxygen atoms in total. The normalized spacial score (nSPS) is 16.7. The first-order chi connectivity index (χ1) is 7.00. The number of hydrogen-bond donors (Lipinski definition) is 1. The molecule has 1 saturated carbocycles. The van der Waals surface area contributed by atoms with E-state index in [1.54, 1.807) is 0 Å². The molecule has 1 heterocycles. The highest BCUT2D eigenvalue weighted by molar-refractivity contribution is 7.09. The minimum Gasteiger partial charge on any atom is -0.481 e. The number of thiazole rings is 1. The third-order valence-corrected chi connectivity index (χ3v) is 3.22. The minimum atomic E-state index is -3.29. The quantitative estimate of drug-likeness (QED) is 0.869. The number of halogens is 2. The molecule has 0 aliphatic heterocycles. The molecule has 0 radical (unpaired) electrons. The van der Waals surface area contributed by atoms with Crippen LogP contribution in [-0.2, 0) is 10.7 Å². The van der Waals surface area contributed by atoms with Crippen molar-refractivity contribution in [1.29, 1.82) is 0 Å². The third-order valence-electron chi connectivity index (χ3n) is 2.26. The van der Waals surface area contributed by atoms with Crippen LogP contribution in [0.4, 0.5) is 8.78 Å². The average molecular weight is 233 g/mol. The molecule has 1 aliphatic carbocycles. The second-order valence-corrected chi connectivity index (χ2v) is 4.47. The van der Waals surface area contributed by atoms with E-state index in [9.17, 15) is 13.6 Å². The zero-order valence-electron chi connectivity index (χ0n) is 7.74. The number of aliphatic carboxylic acids is 1. The van der Waals surface area contributed by atoms with Crippen LogP contribution in [0.1, 0.15) is 35.8 Å². The van der Waals surface area contributed by atoms with Crippen LogP contribution >= 0.6 is 11.3 Å². The molecule has 0 saturated heterocycles. The van der Waals surface area contributed by atoms with Crippen molar-refractivity contribution in [3.63, 3.8) is 0 Å². The van der Waals surface area contributed by atoms with Gasteiger partial charge in [-0.3, -0.25) is 4.79 Å². The molecule has 0 spiro atoms. The smallest absolute Gasteiger partial charge is 0.309 e. The second kappa shape index (κ2) is 3.52. The van der Waals surface area contributed by atoms with E-state index < -0.39 is 18.3 Å². The fraction of sp³-hybridized carbons (Fsp3) is 0.556. The zero-order chi connectivity index (χ0) is 11.1. The van der Waals surface area contributed by atoms with Crippen LogP contribution in [0, 0.1) is 0 Å². The summed E-state index contributed by atoms with van der Waals surface area (Å²) < 4.78 is 27.0. The van der Waals surface area contributed by atoms with E-state index in [0.717, 1.165) is 24.2 Å². The van der Waals surface area contributed by atoms with Gasteiger partial charge in [-0.05, 0) is 12.8 Å². The van der Waals surface area contributed by atoms with Crippen LogP contribution < -0.4 is 0 Å². The van der Waals surface area contributed by atoms with Gasteiger partial charge < -0.3 is 5.11 Å². The fourth-order valence-corrected chi connectivity index (χ4v) is 2.30. The van der Waals surface area contributed by atoms with Crippen molar-refractivity contribution in [3.8, 4) is 0 Å². The summed E-state index contributed by atoms with van der Waals surface area (Å²) in [4.78, 5) is 14.0. The highest BCUT2D eigenvalue weighted by Crippen LogP contribution is 2.47. The van der Waals surface area contributed by atoms with E-state index >= 15 is 0 Å². The molecule has 1 aliphatic rings. The van der Waals surface area contributed by atoms with Gasteiger partial charge in [0, 0.05) is 5.92 Å². The lowest BCUT2D eigenvalue weighted by Crippen LogP contribution is -2.18. The Kier molecular flexibility index (Phi) is 2.46. The number of rotatable bonds is 4. The number of alkyl halides is 2. The number of aromatic nitrogens is 1. The van der Waals surface area contributed by atoms with Gasteiger partial charge in [-0.1, -0.05) is 0 Å². The van der Waals surface area contributed by atoms with Gasteiger partial charge in [-0.2, -0.15) is 8.78 Å². The summed E-state index contributed by atoms with van der Waals surface area (Å²) in [6.45, 7) is 0. The molecule has 1 N–H and O–H groups in total. The molecule has 1 fully saturated rings. The van der Waals surface area contributed by atoms with Crippen LogP contribution in [0.2, 0.25) is 0 Å². The van der Waals surface area contributed by atoms with E-state index in [1.165, 1.54) is 5.51 Å². The van der Waals surface area contributed by atoms with Crippen molar-refractivity contribution in [1.82, 2.24) is 4.98 Å². The largest absolute Gasteiger partial charge is 0.481 e. The van der Waals surface area contributed by atoms with Crippen molar-refractivity contribution < 1.29 is 18.7 Å². The maximum absolute atomic E-state index is 13.5. The molecule has 15 heavy (non-hydrogen) atoms. The Bertz CT molecular complexity index is 387. The minimum absolute atomic E-state index is 0.117.